The van der Waals surface area contributed by atoms with E-state index < -0.39 is 9.84 Å². The molecule has 26 heavy (non-hydrogen) atoms. The van der Waals surface area contributed by atoms with Crippen molar-refractivity contribution in [3.05, 3.63) is 70.7 Å². The minimum atomic E-state index is -2.75. The molecule has 2 aromatic rings. The second kappa shape index (κ2) is 14.1. The maximum atomic E-state index is 11.2. The second-order valence-electron chi connectivity index (χ2n) is 5.62. The molecule has 0 aromatic heterocycles. The van der Waals surface area contributed by atoms with Gasteiger partial charge in [0.05, 0.1) is 11.5 Å². The van der Waals surface area contributed by atoms with Crippen LogP contribution in [0.3, 0.4) is 0 Å². The van der Waals surface area contributed by atoms with E-state index in [-0.39, 0.29) is 57.3 Å². The molecule has 0 N–H and O–H groups in total. The number of carbonyl (C=O) groups excluding carboxylic acids is 1. The van der Waals surface area contributed by atoms with Gasteiger partial charge in [-0.2, -0.15) is 42.8 Å². The zero-order valence-electron chi connectivity index (χ0n) is 15.5. The Morgan fingerprint density at radius 1 is 1.15 bits per heavy atom. The smallest absolute Gasteiger partial charge is 0.542 e. The average Bonchev–Trinajstić information content (AvgIpc) is 2.98. The molecule has 1 atom stereocenters. The third-order valence-electron chi connectivity index (χ3n) is 3.77. The van der Waals surface area contributed by atoms with Crippen LogP contribution >= 0.6 is 11.6 Å². The number of halogens is 1. The summed E-state index contributed by atoms with van der Waals surface area (Å²) in [5.41, 5.74) is 2.46. The molecule has 0 spiro atoms. The van der Waals surface area contributed by atoms with Gasteiger partial charge in [0.1, 0.15) is 0 Å². The van der Waals surface area contributed by atoms with Crippen LogP contribution in [0.4, 0.5) is 0 Å². The molecule has 1 fully saturated rings. The maximum Gasteiger partial charge on any atom is 1.00 e. The summed E-state index contributed by atoms with van der Waals surface area (Å²) in [6.07, 6.45) is 3.35. The second-order valence-corrected chi connectivity index (χ2v) is 8.28. The fourth-order valence-corrected chi connectivity index (χ4v) is 4.36. The molecule has 1 saturated heterocycles. The van der Waals surface area contributed by atoms with Gasteiger partial charge in [0.15, 0.2) is 9.84 Å². The minimum absolute atomic E-state index is 0. The van der Waals surface area contributed by atoms with Crippen LogP contribution in [-0.2, 0) is 21.1 Å². The summed E-state index contributed by atoms with van der Waals surface area (Å²) in [4.78, 5) is 8.68. The molecule has 1 aliphatic heterocycles. The zero-order chi connectivity index (χ0) is 18.7. The van der Waals surface area contributed by atoms with E-state index in [0.717, 1.165) is 23.4 Å². The van der Waals surface area contributed by atoms with E-state index >= 15 is 0 Å². The molecule has 3 rings (SSSR count). The van der Waals surface area contributed by atoms with Gasteiger partial charge in [0, 0.05) is 5.02 Å². The topological polar surface area (TPSA) is 51.2 Å². The summed E-state index contributed by atoms with van der Waals surface area (Å²) in [6.45, 7) is 3.45. The summed E-state index contributed by atoms with van der Waals surface area (Å²) >= 11 is 5.67. The summed E-state index contributed by atoms with van der Waals surface area (Å²) in [5, 5.41) is 0.812. The Kier molecular flexibility index (Phi) is 14.0. The van der Waals surface area contributed by atoms with Crippen LogP contribution in [0.15, 0.2) is 48.5 Å². The molecule has 6 heteroatoms. The summed E-state index contributed by atoms with van der Waals surface area (Å²) in [7, 11) is -2.75. The van der Waals surface area contributed by atoms with E-state index in [0.29, 0.717) is 11.5 Å². The molecule has 2 aromatic carbocycles. The Balaban J connectivity index is 0.000000423. The molecular formula is C20H23ClKO3S-. The summed E-state index contributed by atoms with van der Waals surface area (Å²) in [5.74, 6) is 0.868. The molecule has 3 nitrogen and oxygen atoms in total. The Bertz CT molecular complexity index is 731. The summed E-state index contributed by atoms with van der Waals surface area (Å²) < 4.78 is 22.4. The predicted octanol–water partition coefficient (Wildman–Crippen LogP) is 1.41. The van der Waals surface area contributed by atoms with Gasteiger partial charge in [-0.25, -0.2) is 8.42 Å². The van der Waals surface area contributed by atoms with Gasteiger partial charge < -0.3 is 4.79 Å². The molecule has 0 amide bonds. The molecule has 1 unspecified atom stereocenters. The van der Waals surface area contributed by atoms with Crippen molar-refractivity contribution in [2.24, 2.45) is 0 Å². The van der Waals surface area contributed by atoms with E-state index in [9.17, 15) is 8.42 Å². The van der Waals surface area contributed by atoms with Crippen molar-refractivity contribution in [3.8, 4) is 0 Å². The SMILES string of the molecule is CCc1ccc(Cl)cc1.C[C-]=O.O=S1(=O)CCC(c2cc[c-]cc2)C1.[K+]. The van der Waals surface area contributed by atoms with Crippen molar-refractivity contribution >= 4 is 27.7 Å². The third-order valence-corrected chi connectivity index (χ3v) is 5.79. The molecule has 0 aliphatic carbocycles. The Morgan fingerprint density at radius 2 is 1.69 bits per heavy atom. The molecule has 0 saturated carbocycles. The quantitative estimate of drug-likeness (QED) is 0.548. The molecule has 0 bridgehead atoms. The first-order valence-electron chi connectivity index (χ1n) is 8.11. The van der Waals surface area contributed by atoms with Crippen molar-refractivity contribution in [1.82, 2.24) is 0 Å². The van der Waals surface area contributed by atoms with Gasteiger partial charge >= 0.3 is 51.4 Å². The number of sulfone groups is 1. The molecule has 0 radical (unpaired) electrons. The Morgan fingerprint density at radius 3 is 2.12 bits per heavy atom. The van der Waals surface area contributed by atoms with Crippen LogP contribution in [0.1, 0.15) is 37.3 Å². The van der Waals surface area contributed by atoms with Gasteiger partial charge in [0.25, 0.3) is 0 Å². The first-order chi connectivity index (χ1) is 11.9. The third kappa shape index (κ3) is 10.4. The van der Waals surface area contributed by atoms with Gasteiger partial charge in [-0.05, 0) is 36.5 Å². The number of hydrogen-bond donors (Lipinski definition) is 0. The Hall–Kier alpha value is -0.0136. The molecule has 136 valence electrons. The van der Waals surface area contributed by atoms with Crippen molar-refractivity contribution in [1.29, 1.82) is 0 Å². The molecule has 1 aliphatic rings. The molecule has 1 heterocycles. The zero-order valence-corrected chi connectivity index (χ0v) is 20.2. The number of rotatable bonds is 2. The monoisotopic (exact) mass is 417 g/mol. The Labute approximate surface area is 204 Å². The number of aryl methyl sites for hydroxylation is 1. The van der Waals surface area contributed by atoms with Crippen LogP contribution in [0.5, 0.6) is 0 Å². The fraction of sp³-hybridized carbons (Fsp3) is 0.350. The van der Waals surface area contributed by atoms with Crippen LogP contribution in [0.2, 0.25) is 5.02 Å². The molecular weight excluding hydrogens is 395 g/mol. The normalized spacial score (nSPS) is 16.8. The standard InChI is InChI=1S/C10H11O2S.C8H9Cl.C2H3O.K/c11-13(12)7-6-10(8-13)9-4-2-1-3-5-9;1-2-7-3-5-8(9)6-4-7;1-2-3;/h2-5,10H,6-8H2;3-6H,2H2,1H3;1H3;/q-1;;-1;+1. The average molecular weight is 418 g/mol. The number of benzene rings is 2. The van der Waals surface area contributed by atoms with Crippen molar-refractivity contribution in [2.45, 2.75) is 32.6 Å². The van der Waals surface area contributed by atoms with Gasteiger partial charge in [0.2, 0.25) is 0 Å². The maximum absolute atomic E-state index is 11.2. The predicted molar refractivity (Wildman–Crippen MR) is 103 cm³/mol. The van der Waals surface area contributed by atoms with Crippen molar-refractivity contribution in [2.75, 3.05) is 11.5 Å². The van der Waals surface area contributed by atoms with E-state index in [2.05, 4.69) is 13.0 Å². The van der Waals surface area contributed by atoms with Gasteiger partial charge in [-0.15, -0.1) is 0 Å². The van der Waals surface area contributed by atoms with Crippen LogP contribution in [-0.4, -0.2) is 26.2 Å². The van der Waals surface area contributed by atoms with Crippen molar-refractivity contribution in [3.63, 3.8) is 0 Å². The van der Waals surface area contributed by atoms with Crippen molar-refractivity contribution < 1.29 is 64.6 Å². The minimum Gasteiger partial charge on any atom is -0.542 e. The van der Waals surface area contributed by atoms with E-state index in [1.807, 2.05) is 48.5 Å². The number of hydrogen-bond acceptors (Lipinski definition) is 3. The van der Waals surface area contributed by atoms with Gasteiger partial charge in [-0.3, -0.25) is 6.29 Å². The van der Waals surface area contributed by atoms with Crippen LogP contribution < -0.4 is 51.4 Å². The van der Waals surface area contributed by atoms with Crippen LogP contribution in [0, 0.1) is 6.07 Å². The van der Waals surface area contributed by atoms with E-state index in [1.165, 1.54) is 18.8 Å². The fourth-order valence-electron chi connectivity index (χ4n) is 2.45. The first-order valence-corrected chi connectivity index (χ1v) is 10.3. The first kappa shape index (κ1) is 26.0. The largest absolute Gasteiger partial charge is 1.00 e. The van der Waals surface area contributed by atoms with E-state index in [1.54, 1.807) is 0 Å². The van der Waals surface area contributed by atoms with Gasteiger partial charge in [-0.1, -0.05) is 30.7 Å². The van der Waals surface area contributed by atoms with E-state index in [4.69, 9.17) is 16.4 Å². The summed E-state index contributed by atoms with van der Waals surface area (Å²) in [6, 6.07) is 18.4. The van der Waals surface area contributed by atoms with Crippen LogP contribution in [0.25, 0.3) is 0 Å².